The molecule has 0 aromatic heterocycles. The molecule has 5 heteroatoms. The van der Waals surface area contributed by atoms with Crippen molar-refractivity contribution in [1.29, 1.82) is 0 Å². The van der Waals surface area contributed by atoms with Gasteiger partial charge in [-0.15, -0.1) is 0 Å². The molecule has 1 amide bonds. The number of nitrogens with zero attached hydrogens (tertiary/aromatic N) is 2. The Morgan fingerprint density at radius 2 is 2.29 bits per heavy atom. The maximum Gasteiger partial charge on any atom is 0.239 e. The molecule has 1 N–H and O–H groups in total. The third kappa shape index (κ3) is 2.34. The Morgan fingerprint density at radius 3 is 3.00 bits per heavy atom. The van der Waals surface area contributed by atoms with Gasteiger partial charge in [0.1, 0.15) is 5.82 Å². The first-order valence-corrected chi connectivity index (χ1v) is 7.57. The number of rotatable bonds is 3. The molecule has 1 aromatic rings. The van der Waals surface area contributed by atoms with Crippen molar-refractivity contribution in [3.8, 4) is 0 Å². The number of amides is 1. The topological polar surface area (TPSA) is 43.8 Å². The summed E-state index contributed by atoms with van der Waals surface area (Å²) in [5.41, 5.74) is 0.443. The lowest BCUT2D eigenvalue weighted by atomic mass is 9.83. The molecule has 21 heavy (non-hydrogen) atoms. The van der Waals surface area contributed by atoms with E-state index in [0.29, 0.717) is 6.54 Å². The van der Waals surface area contributed by atoms with Crippen LogP contribution in [-0.4, -0.2) is 39.2 Å². The molecular weight excluding hydrogens is 271 g/mol. The Hall–Kier alpha value is -1.46. The third-order valence-corrected chi connectivity index (χ3v) is 4.89. The molecule has 114 valence electrons. The highest BCUT2D eigenvalue weighted by atomic mass is 19.1. The smallest absolute Gasteiger partial charge is 0.239 e. The number of aliphatic hydroxyl groups excluding tert-OH is 1. The number of hydrogen-bond donors (Lipinski definition) is 1. The van der Waals surface area contributed by atoms with Gasteiger partial charge in [0.15, 0.2) is 0 Å². The summed E-state index contributed by atoms with van der Waals surface area (Å²) in [6, 6.07) is 6.34. The number of benzene rings is 1. The van der Waals surface area contributed by atoms with E-state index in [2.05, 4.69) is 6.92 Å². The van der Waals surface area contributed by atoms with Crippen LogP contribution in [0.4, 0.5) is 4.39 Å². The molecule has 3 rings (SSSR count). The van der Waals surface area contributed by atoms with Crippen molar-refractivity contribution in [3.05, 3.63) is 35.6 Å². The van der Waals surface area contributed by atoms with E-state index >= 15 is 0 Å². The van der Waals surface area contributed by atoms with E-state index in [1.165, 1.54) is 12.1 Å². The summed E-state index contributed by atoms with van der Waals surface area (Å²) < 4.78 is 13.3. The number of hydrogen-bond acceptors (Lipinski definition) is 3. The molecule has 2 aliphatic rings. The lowest BCUT2D eigenvalue weighted by molar-refractivity contribution is -0.193. The van der Waals surface area contributed by atoms with Crippen molar-refractivity contribution in [1.82, 2.24) is 10.0 Å². The van der Waals surface area contributed by atoms with Crippen molar-refractivity contribution >= 4 is 5.91 Å². The summed E-state index contributed by atoms with van der Waals surface area (Å²) in [6.07, 6.45) is 2.22. The van der Waals surface area contributed by atoms with E-state index in [-0.39, 0.29) is 23.7 Å². The highest BCUT2D eigenvalue weighted by molar-refractivity contribution is 5.77. The molecule has 1 aromatic carbocycles. The Balaban J connectivity index is 1.88. The van der Waals surface area contributed by atoms with Crippen molar-refractivity contribution in [2.75, 3.05) is 6.54 Å². The Labute approximate surface area is 124 Å². The molecule has 0 aliphatic carbocycles. The monoisotopic (exact) mass is 292 g/mol. The van der Waals surface area contributed by atoms with Gasteiger partial charge in [0.25, 0.3) is 0 Å². The second-order valence-electron chi connectivity index (χ2n) is 5.99. The van der Waals surface area contributed by atoms with Gasteiger partial charge in [0.2, 0.25) is 5.91 Å². The molecule has 0 bridgehead atoms. The molecule has 4 nitrogen and oxygen atoms in total. The second kappa shape index (κ2) is 5.39. The van der Waals surface area contributed by atoms with Gasteiger partial charge in [0.05, 0.1) is 24.6 Å². The molecule has 0 radical (unpaired) electrons. The van der Waals surface area contributed by atoms with E-state index in [1.807, 2.05) is 11.1 Å². The third-order valence-electron chi connectivity index (χ3n) is 4.89. The first-order valence-electron chi connectivity index (χ1n) is 7.57. The second-order valence-corrected chi connectivity index (χ2v) is 5.99. The van der Waals surface area contributed by atoms with Crippen molar-refractivity contribution in [3.63, 3.8) is 0 Å². The minimum Gasteiger partial charge on any atom is -0.391 e. The predicted molar refractivity (Wildman–Crippen MR) is 76.5 cm³/mol. The van der Waals surface area contributed by atoms with Crippen molar-refractivity contribution in [2.45, 2.75) is 50.8 Å². The Kier molecular flexibility index (Phi) is 3.71. The zero-order chi connectivity index (χ0) is 15.0. The molecule has 0 saturated carbocycles. The standard InChI is InChI=1S/C16H21FN2O2/c1-2-16-7-4-8-19(16)18(15(21)10-14(16)20)11-12-5-3-6-13(17)9-12/h3,5-6,9,14,20H,2,4,7-8,10-11H2,1H3/t14?,16-/m1/s1. The number of aliphatic hydroxyl groups is 1. The van der Waals surface area contributed by atoms with Gasteiger partial charge in [-0.3, -0.25) is 9.80 Å². The largest absolute Gasteiger partial charge is 0.391 e. The van der Waals surface area contributed by atoms with E-state index in [1.54, 1.807) is 11.1 Å². The summed E-state index contributed by atoms with van der Waals surface area (Å²) in [7, 11) is 0. The van der Waals surface area contributed by atoms with Crippen molar-refractivity contribution in [2.24, 2.45) is 0 Å². The zero-order valence-electron chi connectivity index (χ0n) is 12.3. The van der Waals surface area contributed by atoms with Crippen LogP contribution >= 0.6 is 0 Å². The van der Waals surface area contributed by atoms with Crippen LogP contribution < -0.4 is 0 Å². The van der Waals surface area contributed by atoms with Gasteiger partial charge in [-0.2, -0.15) is 0 Å². The summed E-state index contributed by atoms with van der Waals surface area (Å²) >= 11 is 0. The first kappa shape index (κ1) is 14.5. The quantitative estimate of drug-likeness (QED) is 0.927. The van der Waals surface area contributed by atoms with Crippen LogP contribution in [0.3, 0.4) is 0 Å². The fraction of sp³-hybridized carbons (Fsp3) is 0.562. The fourth-order valence-corrected chi connectivity index (χ4v) is 3.76. The van der Waals surface area contributed by atoms with Gasteiger partial charge in [0, 0.05) is 6.54 Å². The van der Waals surface area contributed by atoms with Crippen molar-refractivity contribution < 1.29 is 14.3 Å². The van der Waals surface area contributed by atoms with Gasteiger partial charge in [-0.25, -0.2) is 9.40 Å². The van der Waals surface area contributed by atoms with Gasteiger partial charge in [-0.05, 0) is 37.0 Å². The maximum absolute atomic E-state index is 13.3. The number of carbonyl (C=O) groups excluding carboxylic acids is 1. The average molecular weight is 292 g/mol. The maximum atomic E-state index is 13.3. The number of halogens is 1. The van der Waals surface area contributed by atoms with Crippen LogP contribution in [0, 0.1) is 5.82 Å². The fourth-order valence-electron chi connectivity index (χ4n) is 3.76. The Bertz CT molecular complexity index is 551. The number of hydrazine groups is 1. The molecule has 2 heterocycles. The van der Waals surface area contributed by atoms with Crippen LogP contribution in [0.5, 0.6) is 0 Å². The van der Waals surface area contributed by atoms with Crippen LogP contribution in [0.25, 0.3) is 0 Å². The minimum atomic E-state index is -0.610. The van der Waals surface area contributed by atoms with E-state index < -0.39 is 6.10 Å². The van der Waals surface area contributed by atoms with Gasteiger partial charge in [-0.1, -0.05) is 19.1 Å². The summed E-state index contributed by atoms with van der Waals surface area (Å²) in [5.74, 6) is -0.377. The van der Waals surface area contributed by atoms with Crippen LogP contribution in [-0.2, 0) is 11.3 Å². The number of carbonyl (C=O) groups is 1. The molecule has 2 fully saturated rings. The molecule has 2 aliphatic heterocycles. The summed E-state index contributed by atoms with van der Waals surface area (Å²) in [5, 5.41) is 14.1. The van der Waals surface area contributed by atoms with E-state index in [0.717, 1.165) is 31.4 Å². The van der Waals surface area contributed by atoms with Crippen LogP contribution in [0.1, 0.15) is 38.2 Å². The zero-order valence-corrected chi connectivity index (χ0v) is 12.3. The van der Waals surface area contributed by atoms with Crippen LogP contribution in [0.15, 0.2) is 24.3 Å². The minimum absolute atomic E-state index is 0.0854. The normalized spacial score (nSPS) is 29.8. The molecule has 0 spiro atoms. The van der Waals surface area contributed by atoms with E-state index in [9.17, 15) is 14.3 Å². The molecule has 2 atom stereocenters. The molecule has 2 saturated heterocycles. The Morgan fingerprint density at radius 1 is 1.48 bits per heavy atom. The van der Waals surface area contributed by atoms with E-state index in [4.69, 9.17) is 0 Å². The highest BCUT2D eigenvalue weighted by Gasteiger charge is 2.52. The first-order chi connectivity index (χ1) is 10.1. The lowest BCUT2D eigenvalue weighted by Crippen LogP contribution is -2.65. The molecule has 1 unspecified atom stereocenters. The van der Waals surface area contributed by atoms with Gasteiger partial charge >= 0.3 is 0 Å². The SMILES string of the molecule is CC[C@]12CCCN1N(Cc1cccc(F)c1)C(=O)CC2O. The van der Waals surface area contributed by atoms with Crippen LogP contribution in [0.2, 0.25) is 0 Å². The lowest BCUT2D eigenvalue weighted by Gasteiger charge is -2.51. The highest BCUT2D eigenvalue weighted by Crippen LogP contribution is 2.41. The van der Waals surface area contributed by atoms with Gasteiger partial charge < -0.3 is 5.11 Å². The molecular formula is C16H21FN2O2. The average Bonchev–Trinajstić information content (AvgIpc) is 2.89. The number of fused-ring (bicyclic) bond motifs is 1. The summed E-state index contributed by atoms with van der Waals surface area (Å²) in [6.45, 7) is 3.19. The predicted octanol–water partition coefficient (Wildman–Crippen LogP) is 2.08. The summed E-state index contributed by atoms with van der Waals surface area (Å²) in [4.78, 5) is 12.3.